The summed E-state index contributed by atoms with van der Waals surface area (Å²) in [5, 5.41) is 0. The van der Waals surface area contributed by atoms with Crippen LogP contribution in [0.4, 0.5) is 0 Å². The first-order valence-corrected chi connectivity index (χ1v) is 8.12. The maximum Gasteiger partial charge on any atom is 0.113 e. The molecule has 0 radical (unpaired) electrons. The Morgan fingerprint density at radius 1 is 0.833 bits per heavy atom. The zero-order valence-electron chi connectivity index (χ0n) is 14.2. The van der Waals surface area contributed by atoms with Gasteiger partial charge in [-0.1, -0.05) is 73.3 Å². The standard InChI is InChI=1S/C22H24O2/c1-3-11-22(24-18-20-14-9-6-10-15-20)16-21(4-2)23-17-19-12-7-5-8-13-19/h3-15H,1,16-18H2,2H3/b21-4+,22-11+. The Bertz CT molecular complexity index is 670. The average Bonchev–Trinajstić information content (AvgIpc) is 2.64. The minimum absolute atomic E-state index is 0.538. The molecule has 0 aromatic heterocycles. The number of hydrogen-bond donors (Lipinski definition) is 0. The van der Waals surface area contributed by atoms with Crippen LogP contribution in [0.25, 0.3) is 0 Å². The van der Waals surface area contributed by atoms with Crippen molar-refractivity contribution in [3.05, 3.63) is 108 Å². The third-order valence-corrected chi connectivity index (χ3v) is 3.51. The van der Waals surface area contributed by atoms with Crippen molar-refractivity contribution in [2.24, 2.45) is 0 Å². The first kappa shape index (κ1) is 17.6. The lowest BCUT2D eigenvalue weighted by Gasteiger charge is -2.14. The highest BCUT2D eigenvalue weighted by molar-refractivity contribution is 5.17. The van der Waals surface area contributed by atoms with Crippen LogP contribution in [-0.2, 0) is 22.7 Å². The molecule has 0 N–H and O–H groups in total. The van der Waals surface area contributed by atoms with E-state index in [1.54, 1.807) is 6.08 Å². The molecule has 0 aliphatic carbocycles. The Labute approximate surface area is 144 Å². The molecule has 0 fully saturated rings. The molecule has 0 saturated heterocycles. The summed E-state index contributed by atoms with van der Waals surface area (Å²) in [6.07, 6.45) is 6.22. The summed E-state index contributed by atoms with van der Waals surface area (Å²) in [5.74, 6) is 1.73. The minimum Gasteiger partial charge on any atom is -0.493 e. The van der Waals surface area contributed by atoms with E-state index in [1.165, 1.54) is 0 Å². The van der Waals surface area contributed by atoms with Gasteiger partial charge in [-0.05, 0) is 30.2 Å². The van der Waals surface area contributed by atoms with Crippen LogP contribution >= 0.6 is 0 Å². The van der Waals surface area contributed by atoms with E-state index in [-0.39, 0.29) is 0 Å². The third kappa shape index (κ3) is 6.17. The highest BCUT2D eigenvalue weighted by Crippen LogP contribution is 2.17. The fourth-order valence-electron chi connectivity index (χ4n) is 2.20. The smallest absolute Gasteiger partial charge is 0.113 e. The molecule has 24 heavy (non-hydrogen) atoms. The monoisotopic (exact) mass is 320 g/mol. The lowest BCUT2D eigenvalue weighted by atomic mass is 10.2. The van der Waals surface area contributed by atoms with Crippen LogP contribution in [0.5, 0.6) is 0 Å². The fraction of sp³-hybridized carbons (Fsp3) is 0.182. The van der Waals surface area contributed by atoms with Gasteiger partial charge in [0, 0.05) is 0 Å². The SMILES string of the molecule is C=C/C=C(\C/C(=C\C)OCc1ccccc1)OCc1ccccc1. The normalized spacial score (nSPS) is 11.9. The molecule has 0 spiro atoms. The van der Waals surface area contributed by atoms with E-state index < -0.39 is 0 Å². The summed E-state index contributed by atoms with van der Waals surface area (Å²) in [4.78, 5) is 0. The Hall–Kier alpha value is -2.74. The molecule has 0 heterocycles. The first-order chi connectivity index (χ1) is 11.8. The van der Waals surface area contributed by atoms with E-state index in [9.17, 15) is 0 Å². The summed E-state index contributed by atoms with van der Waals surface area (Å²) >= 11 is 0. The largest absolute Gasteiger partial charge is 0.493 e. The predicted octanol–water partition coefficient (Wildman–Crippen LogP) is 5.78. The molecule has 124 valence electrons. The van der Waals surface area contributed by atoms with E-state index in [0.717, 1.165) is 22.6 Å². The summed E-state index contributed by atoms with van der Waals surface area (Å²) in [6.45, 7) is 6.83. The summed E-state index contributed by atoms with van der Waals surface area (Å²) in [6, 6.07) is 20.3. The van der Waals surface area contributed by atoms with Gasteiger partial charge >= 0.3 is 0 Å². The number of hydrogen-bond acceptors (Lipinski definition) is 2. The second-order valence-corrected chi connectivity index (χ2v) is 5.35. The van der Waals surface area contributed by atoms with Crippen LogP contribution in [0.3, 0.4) is 0 Å². The molecule has 0 atom stereocenters. The quantitative estimate of drug-likeness (QED) is 0.430. The molecule has 0 amide bonds. The van der Waals surface area contributed by atoms with Gasteiger partial charge in [0.2, 0.25) is 0 Å². The fourth-order valence-corrected chi connectivity index (χ4v) is 2.20. The Kier molecular flexibility index (Phi) is 7.42. The number of allylic oxidation sites excluding steroid dienone is 3. The van der Waals surface area contributed by atoms with Gasteiger partial charge in [-0.15, -0.1) is 0 Å². The van der Waals surface area contributed by atoms with Crippen LogP contribution in [-0.4, -0.2) is 0 Å². The van der Waals surface area contributed by atoms with Gasteiger partial charge in [0.05, 0.1) is 12.2 Å². The highest BCUT2D eigenvalue weighted by Gasteiger charge is 2.05. The van der Waals surface area contributed by atoms with Crippen LogP contribution in [0.15, 0.2) is 97.0 Å². The molecule has 0 saturated carbocycles. The average molecular weight is 320 g/mol. The molecule has 0 unspecified atom stereocenters. The molecular formula is C22H24O2. The Morgan fingerprint density at radius 3 is 1.79 bits per heavy atom. The van der Waals surface area contributed by atoms with E-state index in [2.05, 4.69) is 18.7 Å². The van der Waals surface area contributed by atoms with Gasteiger partial charge in [0.1, 0.15) is 19.0 Å². The van der Waals surface area contributed by atoms with Crippen molar-refractivity contribution < 1.29 is 9.47 Å². The van der Waals surface area contributed by atoms with Crippen LogP contribution < -0.4 is 0 Å². The number of benzene rings is 2. The second kappa shape index (κ2) is 10.1. The number of ether oxygens (including phenoxy) is 2. The van der Waals surface area contributed by atoms with Crippen molar-refractivity contribution in [3.63, 3.8) is 0 Å². The third-order valence-electron chi connectivity index (χ3n) is 3.51. The zero-order chi connectivity index (χ0) is 17.0. The molecule has 0 aliphatic rings. The van der Waals surface area contributed by atoms with Crippen LogP contribution in [0, 0.1) is 0 Å². The molecular weight excluding hydrogens is 296 g/mol. The maximum atomic E-state index is 5.92. The summed E-state index contributed by atoms with van der Waals surface area (Å²) in [5.41, 5.74) is 2.29. The minimum atomic E-state index is 0.538. The Balaban J connectivity index is 1.90. The van der Waals surface area contributed by atoms with Gasteiger partial charge in [0.15, 0.2) is 0 Å². The predicted molar refractivity (Wildman–Crippen MR) is 99.1 cm³/mol. The van der Waals surface area contributed by atoms with E-state index in [1.807, 2.05) is 67.6 Å². The molecule has 2 rings (SSSR count). The highest BCUT2D eigenvalue weighted by atomic mass is 16.5. The van der Waals surface area contributed by atoms with Crippen LogP contribution in [0.2, 0.25) is 0 Å². The van der Waals surface area contributed by atoms with Crippen LogP contribution in [0.1, 0.15) is 24.5 Å². The topological polar surface area (TPSA) is 18.5 Å². The zero-order valence-corrected chi connectivity index (χ0v) is 14.2. The van der Waals surface area contributed by atoms with Crippen molar-refractivity contribution in [1.29, 1.82) is 0 Å². The van der Waals surface area contributed by atoms with Crippen molar-refractivity contribution in [1.82, 2.24) is 0 Å². The van der Waals surface area contributed by atoms with Crippen molar-refractivity contribution in [2.45, 2.75) is 26.6 Å². The van der Waals surface area contributed by atoms with Gasteiger partial charge in [-0.25, -0.2) is 0 Å². The van der Waals surface area contributed by atoms with Crippen molar-refractivity contribution in [3.8, 4) is 0 Å². The summed E-state index contributed by atoms with van der Waals surface area (Å²) < 4.78 is 11.8. The van der Waals surface area contributed by atoms with E-state index in [0.29, 0.717) is 19.6 Å². The van der Waals surface area contributed by atoms with Crippen molar-refractivity contribution >= 4 is 0 Å². The van der Waals surface area contributed by atoms with Gasteiger partial charge in [0.25, 0.3) is 0 Å². The molecule has 2 nitrogen and oxygen atoms in total. The maximum absolute atomic E-state index is 5.92. The van der Waals surface area contributed by atoms with Gasteiger partial charge in [-0.3, -0.25) is 0 Å². The van der Waals surface area contributed by atoms with Gasteiger partial charge < -0.3 is 9.47 Å². The molecule has 2 aromatic rings. The molecule has 0 aliphatic heterocycles. The van der Waals surface area contributed by atoms with E-state index >= 15 is 0 Å². The summed E-state index contributed by atoms with van der Waals surface area (Å²) in [7, 11) is 0. The molecule has 0 bridgehead atoms. The second-order valence-electron chi connectivity index (χ2n) is 5.35. The Morgan fingerprint density at radius 2 is 1.33 bits per heavy atom. The number of rotatable bonds is 9. The molecule has 2 heteroatoms. The lowest BCUT2D eigenvalue weighted by Crippen LogP contribution is -1.99. The molecule has 2 aromatic carbocycles. The van der Waals surface area contributed by atoms with Crippen molar-refractivity contribution in [2.75, 3.05) is 0 Å². The lowest BCUT2D eigenvalue weighted by molar-refractivity contribution is 0.156. The van der Waals surface area contributed by atoms with E-state index in [4.69, 9.17) is 9.47 Å². The van der Waals surface area contributed by atoms with Gasteiger partial charge in [-0.2, -0.15) is 0 Å². The first-order valence-electron chi connectivity index (χ1n) is 8.12.